The first-order chi connectivity index (χ1) is 12.8. The van der Waals surface area contributed by atoms with Crippen molar-refractivity contribution in [3.05, 3.63) is 67.1 Å². The number of aromatic nitrogens is 1. The number of allylic oxidation sites excluding steroid dienone is 1. The lowest BCUT2D eigenvalue weighted by molar-refractivity contribution is 0.415. The predicted molar refractivity (Wildman–Crippen MR) is 104 cm³/mol. The van der Waals surface area contributed by atoms with Crippen LogP contribution in [0.25, 0.3) is 22.6 Å². The fourth-order valence-corrected chi connectivity index (χ4v) is 3.40. The van der Waals surface area contributed by atoms with Gasteiger partial charge in [-0.1, -0.05) is 25.1 Å². The van der Waals surface area contributed by atoms with E-state index in [1.165, 1.54) is 6.07 Å². The van der Waals surface area contributed by atoms with Crippen LogP contribution >= 0.6 is 0 Å². The lowest BCUT2D eigenvalue weighted by atomic mass is 10.1. The quantitative estimate of drug-likeness (QED) is 0.649. The SMILES string of the molecule is C=CC(C)c1nc(-c2ccc(OC)cc2)c(-c2ccccc2S(N)(=O)=O)o1. The Kier molecular flexibility index (Phi) is 5.16. The lowest BCUT2D eigenvalue weighted by Crippen LogP contribution is -2.13. The maximum absolute atomic E-state index is 12.0. The third-order valence-corrected chi connectivity index (χ3v) is 5.16. The Morgan fingerprint density at radius 2 is 1.85 bits per heavy atom. The highest BCUT2D eigenvalue weighted by Crippen LogP contribution is 2.38. The first-order valence-corrected chi connectivity index (χ1v) is 9.79. The molecule has 0 spiro atoms. The van der Waals surface area contributed by atoms with E-state index in [2.05, 4.69) is 11.6 Å². The van der Waals surface area contributed by atoms with Gasteiger partial charge in [0.15, 0.2) is 5.76 Å². The first kappa shape index (κ1) is 18.9. The fourth-order valence-electron chi connectivity index (χ4n) is 2.66. The molecule has 0 aliphatic heterocycles. The maximum atomic E-state index is 12.0. The Morgan fingerprint density at radius 1 is 1.19 bits per heavy atom. The van der Waals surface area contributed by atoms with Gasteiger partial charge in [-0.3, -0.25) is 0 Å². The van der Waals surface area contributed by atoms with Gasteiger partial charge in [0, 0.05) is 11.1 Å². The summed E-state index contributed by atoms with van der Waals surface area (Å²) in [7, 11) is -2.35. The third kappa shape index (κ3) is 3.79. The molecule has 0 aliphatic rings. The summed E-state index contributed by atoms with van der Waals surface area (Å²) in [5.41, 5.74) is 1.65. The molecule has 1 unspecified atom stereocenters. The molecule has 6 nitrogen and oxygen atoms in total. The highest BCUT2D eigenvalue weighted by atomic mass is 32.2. The summed E-state index contributed by atoms with van der Waals surface area (Å²) >= 11 is 0. The molecule has 0 aliphatic carbocycles. The molecule has 0 saturated carbocycles. The van der Waals surface area contributed by atoms with E-state index in [0.717, 1.165) is 5.56 Å². The van der Waals surface area contributed by atoms with Gasteiger partial charge in [-0.05, 0) is 36.4 Å². The van der Waals surface area contributed by atoms with Crippen LogP contribution in [0.1, 0.15) is 18.7 Å². The largest absolute Gasteiger partial charge is 0.497 e. The van der Waals surface area contributed by atoms with Gasteiger partial charge in [-0.2, -0.15) is 0 Å². The van der Waals surface area contributed by atoms with E-state index in [1.54, 1.807) is 43.5 Å². The topological polar surface area (TPSA) is 95.4 Å². The number of rotatable bonds is 6. The Hall–Kier alpha value is -2.90. The molecule has 0 amide bonds. The van der Waals surface area contributed by atoms with Gasteiger partial charge in [0.05, 0.1) is 17.9 Å². The van der Waals surface area contributed by atoms with E-state index in [9.17, 15) is 8.42 Å². The number of ether oxygens (including phenoxy) is 1. The molecule has 1 heterocycles. The summed E-state index contributed by atoms with van der Waals surface area (Å²) < 4.78 is 35.2. The van der Waals surface area contributed by atoms with E-state index < -0.39 is 10.0 Å². The van der Waals surface area contributed by atoms with Crippen LogP contribution in [0.15, 0.2) is 70.5 Å². The Morgan fingerprint density at radius 3 is 2.44 bits per heavy atom. The molecular formula is C20H20N2O4S. The minimum atomic E-state index is -3.94. The van der Waals surface area contributed by atoms with Crippen LogP contribution < -0.4 is 9.88 Å². The van der Waals surface area contributed by atoms with E-state index in [-0.39, 0.29) is 10.8 Å². The molecule has 2 N–H and O–H groups in total. The van der Waals surface area contributed by atoms with Gasteiger partial charge in [0.25, 0.3) is 0 Å². The second-order valence-electron chi connectivity index (χ2n) is 6.02. The highest BCUT2D eigenvalue weighted by molar-refractivity contribution is 7.89. The number of sulfonamides is 1. The van der Waals surface area contributed by atoms with Gasteiger partial charge in [-0.25, -0.2) is 18.5 Å². The zero-order chi connectivity index (χ0) is 19.6. The average Bonchev–Trinajstić information content (AvgIpc) is 3.12. The van der Waals surface area contributed by atoms with Gasteiger partial charge < -0.3 is 9.15 Å². The van der Waals surface area contributed by atoms with Crippen molar-refractivity contribution in [3.8, 4) is 28.3 Å². The minimum Gasteiger partial charge on any atom is -0.497 e. The first-order valence-electron chi connectivity index (χ1n) is 8.25. The van der Waals surface area contributed by atoms with Gasteiger partial charge in [-0.15, -0.1) is 6.58 Å². The summed E-state index contributed by atoms with van der Waals surface area (Å²) in [5, 5.41) is 5.39. The van der Waals surface area contributed by atoms with E-state index in [4.69, 9.17) is 14.3 Å². The number of hydrogen-bond acceptors (Lipinski definition) is 5. The number of methoxy groups -OCH3 is 1. The van der Waals surface area contributed by atoms with Crippen LogP contribution in [0.3, 0.4) is 0 Å². The molecule has 27 heavy (non-hydrogen) atoms. The summed E-state index contributed by atoms with van der Waals surface area (Å²) in [5.74, 6) is 1.34. The molecule has 3 rings (SSSR count). The van der Waals surface area contributed by atoms with Crippen molar-refractivity contribution in [2.45, 2.75) is 17.7 Å². The molecule has 0 fully saturated rings. The Balaban J connectivity index is 2.26. The van der Waals surface area contributed by atoms with Crippen LogP contribution in [0, 0.1) is 0 Å². The molecule has 140 valence electrons. The third-order valence-electron chi connectivity index (χ3n) is 4.19. The molecule has 0 bridgehead atoms. The van der Waals surface area contributed by atoms with Gasteiger partial charge in [0.1, 0.15) is 11.4 Å². The van der Waals surface area contributed by atoms with Crippen molar-refractivity contribution in [2.75, 3.05) is 7.11 Å². The van der Waals surface area contributed by atoms with Crippen molar-refractivity contribution in [3.63, 3.8) is 0 Å². The lowest BCUT2D eigenvalue weighted by Gasteiger charge is -2.07. The molecule has 2 aromatic carbocycles. The Bertz CT molecular complexity index is 1070. The van der Waals surface area contributed by atoms with Crippen molar-refractivity contribution in [1.29, 1.82) is 0 Å². The van der Waals surface area contributed by atoms with E-state index in [0.29, 0.717) is 28.7 Å². The molecular weight excluding hydrogens is 364 g/mol. The smallest absolute Gasteiger partial charge is 0.238 e. The minimum absolute atomic E-state index is 0.0197. The van der Waals surface area contributed by atoms with Gasteiger partial charge >= 0.3 is 0 Å². The van der Waals surface area contributed by atoms with E-state index >= 15 is 0 Å². The molecule has 0 radical (unpaired) electrons. The summed E-state index contributed by atoms with van der Waals surface area (Å²) in [6, 6.07) is 13.7. The normalized spacial score (nSPS) is 12.6. The number of oxazole rings is 1. The standard InChI is InChI=1S/C20H20N2O4S/c1-4-13(2)20-22-18(14-9-11-15(25-3)12-10-14)19(26-20)16-7-5-6-8-17(16)27(21,23)24/h4-13H,1H2,2-3H3,(H2,21,23,24). The molecule has 3 aromatic rings. The van der Waals surface area contributed by atoms with Crippen molar-refractivity contribution >= 4 is 10.0 Å². The maximum Gasteiger partial charge on any atom is 0.238 e. The Labute approximate surface area is 158 Å². The number of nitrogens with zero attached hydrogens (tertiary/aromatic N) is 1. The predicted octanol–water partition coefficient (Wildman–Crippen LogP) is 3.95. The number of nitrogens with two attached hydrogens (primary N) is 1. The summed E-state index contributed by atoms with van der Waals surface area (Å²) in [6.45, 7) is 5.66. The van der Waals surface area contributed by atoms with Crippen LogP contribution in [0.2, 0.25) is 0 Å². The molecule has 7 heteroatoms. The summed E-state index contributed by atoms with van der Waals surface area (Å²) in [4.78, 5) is 4.57. The number of benzene rings is 2. The van der Waals surface area contributed by atoms with Crippen LogP contribution in [0.5, 0.6) is 5.75 Å². The summed E-state index contributed by atoms with van der Waals surface area (Å²) in [6.07, 6.45) is 1.71. The number of hydrogen-bond donors (Lipinski definition) is 1. The van der Waals surface area contributed by atoms with Crippen molar-refractivity contribution in [1.82, 2.24) is 4.98 Å². The average molecular weight is 384 g/mol. The fraction of sp³-hybridized carbons (Fsp3) is 0.150. The van der Waals surface area contributed by atoms with Crippen LogP contribution in [-0.2, 0) is 10.0 Å². The second kappa shape index (κ2) is 7.38. The number of primary sulfonamides is 1. The molecule has 1 atom stereocenters. The molecule has 0 saturated heterocycles. The monoisotopic (exact) mass is 384 g/mol. The van der Waals surface area contributed by atoms with Crippen molar-refractivity contribution in [2.24, 2.45) is 5.14 Å². The zero-order valence-electron chi connectivity index (χ0n) is 15.0. The van der Waals surface area contributed by atoms with Crippen molar-refractivity contribution < 1.29 is 17.6 Å². The van der Waals surface area contributed by atoms with Gasteiger partial charge in [0.2, 0.25) is 15.9 Å². The van der Waals surface area contributed by atoms with Crippen LogP contribution in [-0.4, -0.2) is 20.5 Å². The second-order valence-corrected chi connectivity index (χ2v) is 7.55. The van der Waals surface area contributed by atoms with E-state index in [1.807, 2.05) is 19.1 Å². The van der Waals surface area contributed by atoms with Crippen LogP contribution in [0.4, 0.5) is 0 Å². The highest BCUT2D eigenvalue weighted by Gasteiger charge is 2.24. The zero-order valence-corrected chi connectivity index (χ0v) is 15.9. The molecule has 1 aromatic heterocycles.